The first-order chi connectivity index (χ1) is 9.13. The zero-order chi connectivity index (χ0) is 13.7. The maximum atomic E-state index is 11.6. The van der Waals surface area contributed by atoms with Gasteiger partial charge in [0.05, 0.1) is 5.75 Å². The molecule has 0 aliphatic rings. The predicted molar refractivity (Wildman–Crippen MR) is 81.0 cm³/mol. The van der Waals surface area contributed by atoms with Gasteiger partial charge in [0, 0.05) is 11.0 Å². The number of carbonyl (C=O) groups is 1. The molecule has 1 amide bonds. The number of nitrogens with zero attached hydrogens (tertiary/aromatic N) is 2. The Kier molecular flexibility index (Phi) is 5.17. The standard InChI is InChI=1S/C11H11BrN4OS2/c12-8-3-1-7(2-4-8)5-14-9(17)6-18-11-16-15-10(13)19-11/h1-4H,5-6H2,(H2,13,15)(H,14,17). The summed E-state index contributed by atoms with van der Waals surface area (Å²) in [5.74, 6) is 0.271. The van der Waals surface area contributed by atoms with Gasteiger partial charge in [-0.3, -0.25) is 4.79 Å². The fourth-order valence-corrected chi connectivity index (χ4v) is 2.99. The average Bonchev–Trinajstić information content (AvgIpc) is 2.81. The van der Waals surface area contributed by atoms with Crippen molar-refractivity contribution in [1.82, 2.24) is 15.5 Å². The van der Waals surface area contributed by atoms with E-state index in [0.717, 1.165) is 10.0 Å². The average molecular weight is 359 g/mol. The van der Waals surface area contributed by atoms with Crippen LogP contribution < -0.4 is 11.1 Å². The molecule has 2 aromatic rings. The molecule has 0 saturated carbocycles. The zero-order valence-corrected chi connectivity index (χ0v) is 13.0. The van der Waals surface area contributed by atoms with Gasteiger partial charge in [-0.1, -0.05) is 51.2 Å². The second-order valence-electron chi connectivity index (χ2n) is 3.60. The molecule has 0 bridgehead atoms. The Balaban J connectivity index is 1.74. The van der Waals surface area contributed by atoms with E-state index < -0.39 is 0 Å². The highest BCUT2D eigenvalue weighted by Gasteiger charge is 2.06. The molecule has 100 valence electrons. The molecule has 2 rings (SSSR count). The van der Waals surface area contributed by atoms with Gasteiger partial charge in [0.1, 0.15) is 0 Å². The quantitative estimate of drug-likeness (QED) is 0.801. The molecule has 0 spiro atoms. The molecule has 0 radical (unpaired) electrons. The molecule has 8 heteroatoms. The van der Waals surface area contributed by atoms with E-state index in [4.69, 9.17) is 5.73 Å². The van der Waals surface area contributed by atoms with Crippen molar-refractivity contribution in [3.63, 3.8) is 0 Å². The fourth-order valence-electron chi connectivity index (χ4n) is 1.26. The molecule has 0 saturated heterocycles. The third kappa shape index (κ3) is 4.81. The van der Waals surface area contributed by atoms with E-state index in [0.29, 0.717) is 21.8 Å². The number of aromatic nitrogens is 2. The Morgan fingerprint density at radius 3 is 2.74 bits per heavy atom. The summed E-state index contributed by atoms with van der Waals surface area (Å²) < 4.78 is 1.73. The van der Waals surface area contributed by atoms with Crippen LogP contribution in [0.15, 0.2) is 33.1 Å². The van der Waals surface area contributed by atoms with Crippen molar-refractivity contribution >= 4 is 50.1 Å². The number of nitrogen functional groups attached to an aromatic ring is 1. The summed E-state index contributed by atoms with van der Waals surface area (Å²) >= 11 is 5.98. The lowest BCUT2D eigenvalue weighted by molar-refractivity contribution is -0.118. The molecule has 0 aliphatic heterocycles. The largest absolute Gasteiger partial charge is 0.374 e. The van der Waals surface area contributed by atoms with E-state index >= 15 is 0 Å². The van der Waals surface area contributed by atoms with E-state index in [1.165, 1.54) is 23.1 Å². The van der Waals surface area contributed by atoms with Crippen molar-refractivity contribution in [2.24, 2.45) is 0 Å². The van der Waals surface area contributed by atoms with Gasteiger partial charge in [0.2, 0.25) is 11.0 Å². The van der Waals surface area contributed by atoms with Crippen LogP contribution in [0, 0.1) is 0 Å². The lowest BCUT2D eigenvalue weighted by atomic mass is 10.2. The Morgan fingerprint density at radius 2 is 2.11 bits per heavy atom. The van der Waals surface area contributed by atoms with Crippen molar-refractivity contribution in [3.05, 3.63) is 34.3 Å². The third-order valence-electron chi connectivity index (χ3n) is 2.15. The number of nitrogens with two attached hydrogens (primary N) is 1. The molecule has 0 unspecified atom stereocenters. The Hall–Kier alpha value is -1.12. The zero-order valence-electron chi connectivity index (χ0n) is 9.80. The highest BCUT2D eigenvalue weighted by Crippen LogP contribution is 2.22. The second kappa shape index (κ2) is 6.88. The van der Waals surface area contributed by atoms with Crippen molar-refractivity contribution in [2.75, 3.05) is 11.5 Å². The number of benzene rings is 1. The molecule has 1 aromatic heterocycles. The first-order valence-electron chi connectivity index (χ1n) is 5.36. The number of amides is 1. The van der Waals surface area contributed by atoms with Crippen LogP contribution in [0.1, 0.15) is 5.56 Å². The maximum absolute atomic E-state index is 11.6. The molecular formula is C11H11BrN4OS2. The smallest absolute Gasteiger partial charge is 0.230 e. The number of carbonyl (C=O) groups excluding carboxylic acids is 1. The second-order valence-corrected chi connectivity index (χ2v) is 6.75. The molecular weight excluding hydrogens is 348 g/mol. The number of hydrogen-bond acceptors (Lipinski definition) is 6. The summed E-state index contributed by atoms with van der Waals surface area (Å²) in [4.78, 5) is 11.6. The van der Waals surface area contributed by atoms with Crippen LogP contribution in [0.2, 0.25) is 0 Å². The van der Waals surface area contributed by atoms with E-state index in [-0.39, 0.29) is 5.91 Å². The fraction of sp³-hybridized carbons (Fsp3) is 0.182. The summed E-state index contributed by atoms with van der Waals surface area (Å²) in [6, 6.07) is 7.81. The van der Waals surface area contributed by atoms with Crippen molar-refractivity contribution < 1.29 is 4.79 Å². The van der Waals surface area contributed by atoms with Gasteiger partial charge in [-0.25, -0.2) is 0 Å². The minimum atomic E-state index is -0.0401. The Labute approximate surface area is 127 Å². The van der Waals surface area contributed by atoms with Crippen molar-refractivity contribution in [3.8, 4) is 0 Å². The number of hydrogen-bond donors (Lipinski definition) is 2. The van der Waals surface area contributed by atoms with Gasteiger partial charge in [0.25, 0.3) is 0 Å². The topological polar surface area (TPSA) is 80.9 Å². The lowest BCUT2D eigenvalue weighted by Gasteiger charge is -2.04. The molecule has 5 nitrogen and oxygen atoms in total. The van der Waals surface area contributed by atoms with Gasteiger partial charge in [0.15, 0.2) is 4.34 Å². The van der Waals surface area contributed by atoms with E-state index in [9.17, 15) is 4.79 Å². The Bertz CT molecular complexity index is 558. The van der Waals surface area contributed by atoms with Crippen LogP contribution in [0.25, 0.3) is 0 Å². The molecule has 0 aliphatic carbocycles. The highest BCUT2D eigenvalue weighted by atomic mass is 79.9. The van der Waals surface area contributed by atoms with E-state index in [1.807, 2.05) is 24.3 Å². The van der Waals surface area contributed by atoms with Crippen molar-refractivity contribution in [1.29, 1.82) is 0 Å². The Morgan fingerprint density at radius 1 is 1.37 bits per heavy atom. The number of thioether (sulfide) groups is 1. The van der Waals surface area contributed by atoms with Crippen molar-refractivity contribution in [2.45, 2.75) is 10.9 Å². The summed E-state index contributed by atoms with van der Waals surface area (Å²) in [5.41, 5.74) is 6.52. The maximum Gasteiger partial charge on any atom is 0.230 e. The minimum absolute atomic E-state index is 0.0401. The third-order valence-corrected chi connectivity index (χ3v) is 4.57. The number of nitrogens with one attached hydrogen (secondary N) is 1. The summed E-state index contributed by atoms with van der Waals surface area (Å²) in [5, 5.41) is 10.8. The molecule has 19 heavy (non-hydrogen) atoms. The van der Waals surface area contributed by atoms with Crippen LogP contribution >= 0.6 is 39.0 Å². The first kappa shape index (κ1) is 14.3. The lowest BCUT2D eigenvalue weighted by Crippen LogP contribution is -2.24. The molecule has 1 aromatic carbocycles. The summed E-state index contributed by atoms with van der Waals surface area (Å²) in [7, 11) is 0. The van der Waals surface area contributed by atoms with Gasteiger partial charge < -0.3 is 11.1 Å². The number of halogens is 1. The molecule has 0 fully saturated rings. The van der Waals surface area contributed by atoms with E-state index in [1.54, 1.807) is 0 Å². The summed E-state index contributed by atoms with van der Waals surface area (Å²) in [6.45, 7) is 0.519. The number of anilines is 1. The number of rotatable bonds is 5. The van der Waals surface area contributed by atoms with Crippen LogP contribution in [0.4, 0.5) is 5.13 Å². The first-order valence-corrected chi connectivity index (χ1v) is 7.96. The molecule has 1 heterocycles. The van der Waals surface area contributed by atoms with Crippen LogP contribution in [-0.4, -0.2) is 21.9 Å². The predicted octanol–water partition coefficient (Wildman–Crippen LogP) is 2.29. The molecule has 3 N–H and O–H groups in total. The normalized spacial score (nSPS) is 10.4. The monoisotopic (exact) mass is 358 g/mol. The van der Waals surface area contributed by atoms with Crippen LogP contribution in [0.3, 0.4) is 0 Å². The minimum Gasteiger partial charge on any atom is -0.374 e. The van der Waals surface area contributed by atoms with Crippen LogP contribution in [-0.2, 0) is 11.3 Å². The van der Waals surface area contributed by atoms with E-state index in [2.05, 4.69) is 31.4 Å². The van der Waals surface area contributed by atoms with Gasteiger partial charge in [-0.15, -0.1) is 10.2 Å². The van der Waals surface area contributed by atoms with Gasteiger partial charge >= 0.3 is 0 Å². The summed E-state index contributed by atoms with van der Waals surface area (Å²) in [6.07, 6.45) is 0. The SMILES string of the molecule is Nc1nnc(SCC(=O)NCc2ccc(Br)cc2)s1. The highest BCUT2D eigenvalue weighted by molar-refractivity contribution is 9.10. The molecule has 0 atom stereocenters. The van der Waals surface area contributed by atoms with Gasteiger partial charge in [-0.05, 0) is 17.7 Å². The van der Waals surface area contributed by atoms with Crippen LogP contribution in [0.5, 0.6) is 0 Å². The van der Waals surface area contributed by atoms with Gasteiger partial charge in [-0.2, -0.15) is 0 Å².